The van der Waals surface area contributed by atoms with E-state index in [9.17, 15) is 0 Å². The molecule has 2 heterocycles. The van der Waals surface area contributed by atoms with Gasteiger partial charge in [0, 0.05) is 22.0 Å². The lowest BCUT2D eigenvalue weighted by Crippen LogP contribution is -1.94. The van der Waals surface area contributed by atoms with Gasteiger partial charge in [-0.25, -0.2) is 4.98 Å². The van der Waals surface area contributed by atoms with E-state index in [0.29, 0.717) is 5.89 Å². The van der Waals surface area contributed by atoms with E-state index < -0.39 is 0 Å². The number of nitrogens with zero attached hydrogens (tertiary/aromatic N) is 2. The molecule has 0 fully saturated rings. The number of aromatic nitrogens is 2. The Hall–Kier alpha value is -7.75. The van der Waals surface area contributed by atoms with Crippen molar-refractivity contribution in [1.82, 2.24) is 9.55 Å². The van der Waals surface area contributed by atoms with Crippen molar-refractivity contribution in [2.75, 3.05) is 0 Å². The maximum atomic E-state index is 6.06. The van der Waals surface area contributed by atoms with Crippen LogP contribution in [0.15, 0.2) is 223 Å². The molecule has 0 saturated carbocycles. The maximum Gasteiger partial charge on any atom is 0.227 e. The van der Waals surface area contributed by atoms with Crippen molar-refractivity contribution in [1.29, 1.82) is 0 Å². The van der Waals surface area contributed by atoms with Gasteiger partial charge in [-0.2, -0.15) is 0 Å². The highest BCUT2D eigenvalue weighted by Gasteiger charge is 2.17. The van der Waals surface area contributed by atoms with Gasteiger partial charge < -0.3 is 8.98 Å². The lowest BCUT2D eigenvalue weighted by Gasteiger charge is -2.16. The van der Waals surface area contributed by atoms with E-state index in [1.165, 1.54) is 71.9 Å². The highest BCUT2D eigenvalue weighted by Crippen LogP contribution is 2.41. The van der Waals surface area contributed by atoms with Crippen molar-refractivity contribution in [3.05, 3.63) is 218 Å². The molecule has 0 N–H and O–H groups in total. The van der Waals surface area contributed by atoms with Crippen LogP contribution in [0.5, 0.6) is 0 Å². The summed E-state index contributed by atoms with van der Waals surface area (Å²) in [5, 5.41) is 2.48. The van der Waals surface area contributed by atoms with Crippen LogP contribution in [0.1, 0.15) is 0 Å². The first-order chi connectivity index (χ1) is 28.7. The van der Waals surface area contributed by atoms with Crippen LogP contribution in [0.4, 0.5) is 0 Å². The Labute approximate surface area is 336 Å². The molecular weight excluding hydrogens is 705 g/mol. The SMILES string of the molecule is c1ccc(-c2ccc3c(c2)c2cc(-c4ccccc4)ccc2n3-c2ccc(-c3ccccc3-c3ccccc3-c3ccc(-c4nc5ccccc5o4)cc3)cc2)cc1. The summed E-state index contributed by atoms with van der Waals surface area (Å²) in [5.74, 6) is 0.629. The average Bonchev–Trinajstić information content (AvgIpc) is 3.89. The Morgan fingerprint density at radius 1 is 0.328 bits per heavy atom. The summed E-state index contributed by atoms with van der Waals surface area (Å²) < 4.78 is 8.47. The van der Waals surface area contributed by atoms with E-state index in [1.54, 1.807) is 0 Å². The molecule has 0 spiro atoms. The van der Waals surface area contributed by atoms with Crippen LogP contribution in [0.25, 0.3) is 106 Å². The molecule has 0 amide bonds. The number of fused-ring (bicyclic) bond motifs is 4. The first-order valence-electron chi connectivity index (χ1n) is 19.7. The molecule has 0 aliphatic carbocycles. The van der Waals surface area contributed by atoms with Crippen molar-refractivity contribution >= 4 is 32.9 Å². The number of hydrogen-bond acceptors (Lipinski definition) is 2. The molecule has 3 heteroatoms. The van der Waals surface area contributed by atoms with E-state index >= 15 is 0 Å². The molecule has 3 nitrogen and oxygen atoms in total. The Morgan fingerprint density at radius 2 is 0.759 bits per heavy atom. The first kappa shape index (κ1) is 33.6. The van der Waals surface area contributed by atoms with Crippen molar-refractivity contribution in [2.45, 2.75) is 0 Å². The fourth-order valence-electron chi connectivity index (χ4n) is 8.44. The minimum atomic E-state index is 0.629. The van der Waals surface area contributed by atoms with E-state index in [4.69, 9.17) is 9.40 Å². The maximum absolute atomic E-state index is 6.06. The van der Waals surface area contributed by atoms with Gasteiger partial charge in [0.2, 0.25) is 5.89 Å². The van der Waals surface area contributed by atoms with Crippen LogP contribution in [0, 0.1) is 0 Å². The number of para-hydroxylation sites is 2. The summed E-state index contributed by atoms with van der Waals surface area (Å²) in [7, 11) is 0. The second-order valence-electron chi connectivity index (χ2n) is 14.7. The molecule has 0 unspecified atom stereocenters. The Kier molecular flexibility index (Phi) is 8.15. The van der Waals surface area contributed by atoms with Crippen LogP contribution >= 0.6 is 0 Å². The van der Waals surface area contributed by atoms with Gasteiger partial charge in [0.15, 0.2) is 5.58 Å². The molecule has 2 aromatic heterocycles. The molecule has 0 aliphatic heterocycles. The first-order valence-corrected chi connectivity index (χ1v) is 19.7. The zero-order chi connectivity index (χ0) is 38.4. The standard InChI is InChI=1S/C55H36N2O/c1-3-13-37(14-4-1)42-29-33-52-49(35-42)50-36-43(38-15-5-2-6-16-38)30-34-53(50)57(52)44-31-27-40(28-32-44)46-18-8-10-20-48(46)47-19-9-7-17-45(47)39-23-25-41(26-24-39)55-56-51-21-11-12-22-54(51)58-55/h1-36H. The van der Waals surface area contributed by atoms with Gasteiger partial charge in [-0.15, -0.1) is 0 Å². The third-order valence-corrected chi connectivity index (χ3v) is 11.3. The van der Waals surface area contributed by atoms with Gasteiger partial charge in [-0.05, 0) is 116 Å². The second-order valence-corrected chi connectivity index (χ2v) is 14.7. The van der Waals surface area contributed by atoms with Crippen LogP contribution in [0.2, 0.25) is 0 Å². The Morgan fingerprint density at radius 3 is 1.29 bits per heavy atom. The predicted molar refractivity (Wildman–Crippen MR) is 241 cm³/mol. The number of hydrogen-bond donors (Lipinski definition) is 0. The smallest absolute Gasteiger partial charge is 0.227 e. The average molecular weight is 741 g/mol. The highest BCUT2D eigenvalue weighted by molar-refractivity contribution is 6.11. The number of oxazole rings is 1. The molecule has 11 rings (SSSR count). The molecule has 0 aliphatic rings. The molecule has 0 radical (unpaired) electrons. The molecule has 58 heavy (non-hydrogen) atoms. The summed E-state index contributed by atoms with van der Waals surface area (Å²) in [6, 6.07) is 77.9. The highest BCUT2D eigenvalue weighted by atomic mass is 16.3. The minimum absolute atomic E-state index is 0.629. The van der Waals surface area contributed by atoms with E-state index in [-0.39, 0.29) is 0 Å². The van der Waals surface area contributed by atoms with E-state index in [1.807, 2.05) is 24.3 Å². The zero-order valence-electron chi connectivity index (χ0n) is 31.6. The molecule has 272 valence electrons. The number of rotatable bonds is 7. The van der Waals surface area contributed by atoms with E-state index in [0.717, 1.165) is 27.9 Å². The van der Waals surface area contributed by atoms with E-state index in [2.05, 4.69) is 199 Å². The van der Waals surface area contributed by atoms with Gasteiger partial charge in [-0.3, -0.25) is 0 Å². The summed E-state index contributed by atoms with van der Waals surface area (Å²) >= 11 is 0. The Balaban J connectivity index is 0.978. The van der Waals surface area contributed by atoms with Crippen LogP contribution in [-0.4, -0.2) is 9.55 Å². The monoisotopic (exact) mass is 740 g/mol. The van der Waals surface area contributed by atoms with Crippen molar-refractivity contribution in [3.63, 3.8) is 0 Å². The second kappa shape index (κ2) is 14.1. The third-order valence-electron chi connectivity index (χ3n) is 11.3. The molecule has 9 aromatic carbocycles. The predicted octanol–water partition coefficient (Wildman–Crippen LogP) is 14.9. The lowest BCUT2D eigenvalue weighted by atomic mass is 9.89. The van der Waals surface area contributed by atoms with Crippen LogP contribution in [-0.2, 0) is 0 Å². The van der Waals surface area contributed by atoms with Crippen molar-refractivity contribution in [3.8, 4) is 72.8 Å². The summed E-state index contributed by atoms with van der Waals surface area (Å²) in [6.45, 7) is 0. The minimum Gasteiger partial charge on any atom is -0.436 e. The molecule has 0 atom stereocenters. The van der Waals surface area contributed by atoms with Crippen molar-refractivity contribution in [2.24, 2.45) is 0 Å². The third kappa shape index (κ3) is 5.89. The number of benzene rings is 9. The van der Waals surface area contributed by atoms with Gasteiger partial charge in [0.05, 0.1) is 11.0 Å². The van der Waals surface area contributed by atoms with Gasteiger partial charge in [0.1, 0.15) is 5.52 Å². The summed E-state index contributed by atoms with van der Waals surface area (Å²) in [4.78, 5) is 4.71. The molecule has 0 bridgehead atoms. The van der Waals surface area contributed by atoms with Crippen LogP contribution in [0.3, 0.4) is 0 Å². The Bertz CT molecular complexity index is 3120. The van der Waals surface area contributed by atoms with Crippen LogP contribution < -0.4 is 0 Å². The van der Waals surface area contributed by atoms with Gasteiger partial charge in [0.25, 0.3) is 0 Å². The van der Waals surface area contributed by atoms with Gasteiger partial charge in [-0.1, -0.05) is 158 Å². The quantitative estimate of drug-likeness (QED) is 0.163. The summed E-state index contributed by atoms with van der Waals surface area (Å²) in [6.07, 6.45) is 0. The lowest BCUT2D eigenvalue weighted by molar-refractivity contribution is 0.620. The fraction of sp³-hybridized carbons (Fsp3) is 0. The molecule has 11 aromatic rings. The normalized spacial score (nSPS) is 11.4. The van der Waals surface area contributed by atoms with Gasteiger partial charge >= 0.3 is 0 Å². The summed E-state index contributed by atoms with van der Waals surface area (Å²) in [5.41, 5.74) is 18.0. The molecule has 0 saturated heterocycles. The molecular formula is C55H36N2O. The fourth-order valence-corrected chi connectivity index (χ4v) is 8.44. The largest absolute Gasteiger partial charge is 0.436 e. The van der Waals surface area contributed by atoms with Crippen molar-refractivity contribution < 1.29 is 4.42 Å². The zero-order valence-corrected chi connectivity index (χ0v) is 31.6. The topological polar surface area (TPSA) is 31.0 Å².